The molecule has 0 spiro atoms. The Kier molecular flexibility index (Phi) is 3.84. The van der Waals surface area contributed by atoms with Crippen molar-refractivity contribution >= 4 is 22.5 Å². The lowest BCUT2D eigenvalue weighted by molar-refractivity contribution is 0.0663. The van der Waals surface area contributed by atoms with Crippen molar-refractivity contribution in [2.45, 2.75) is 31.8 Å². The molecule has 21 heavy (non-hydrogen) atoms. The van der Waals surface area contributed by atoms with E-state index in [1.54, 1.807) is 12.3 Å². The first-order valence-corrected chi connectivity index (χ1v) is 7.48. The molecule has 5 nitrogen and oxygen atoms in total. The second kappa shape index (κ2) is 5.77. The van der Waals surface area contributed by atoms with Crippen LogP contribution >= 0.6 is 0 Å². The molecule has 1 fully saturated rings. The van der Waals surface area contributed by atoms with Crippen LogP contribution in [0.15, 0.2) is 24.4 Å². The molecule has 2 aromatic rings. The van der Waals surface area contributed by atoms with Gasteiger partial charge in [-0.2, -0.15) is 0 Å². The van der Waals surface area contributed by atoms with Crippen LogP contribution in [0.1, 0.15) is 36.0 Å². The average Bonchev–Trinajstić information content (AvgIpc) is 2.89. The number of carbonyl (C=O) groups excluding carboxylic acids is 1. The minimum atomic E-state index is -0.290. The highest BCUT2D eigenvalue weighted by molar-refractivity contribution is 6.07. The van der Waals surface area contributed by atoms with Gasteiger partial charge in [0, 0.05) is 35.2 Å². The minimum absolute atomic E-state index is 0.108. The highest BCUT2D eigenvalue weighted by atomic mass is 16.3. The van der Waals surface area contributed by atoms with Gasteiger partial charge in [-0.1, -0.05) is 12.8 Å². The molecular formula is C16H21N3O2. The van der Waals surface area contributed by atoms with E-state index in [-0.39, 0.29) is 17.9 Å². The Bertz CT molecular complexity index is 650. The number of benzene rings is 1. The van der Waals surface area contributed by atoms with Gasteiger partial charge < -0.3 is 21.1 Å². The zero-order chi connectivity index (χ0) is 14.8. The van der Waals surface area contributed by atoms with Crippen molar-refractivity contribution in [3.05, 3.63) is 30.0 Å². The largest absolute Gasteiger partial charge is 0.399 e. The van der Waals surface area contributed by atoms with Crippen molar-refractivity contribution < 1.29 is 9.90 Å². The smallest absolute Gasteiger partial charge is 0.253 e. The molecule has 0 radical (unpaired) electrons. The van der Waals surface area contributed by atoms with Crippen LogP contribution in [-0.2, 0) is 0 Å². The van der Waals surface area contributed by atoms with E-state index in [1.807, 2.05) is 12.1 Å². The van der Waals surface area contributed by atoms with Gasteiger partial charge in [0.05, 0.1) is 11.7 Å². The third-order valence-corrected chi connectivity index (χ3v) is 4.34. The van der Waals surface area contributed by atoms with E-state index in [0.29, 0.717) is 17.8 Å². The molecule has 1 amide bonds. The zero-order valence-corrected chi connectivity index (χ0v) is 11.9. The van der Waals surface area contributed by atoms with Gasteiger partial charge in [0.2, 0.25) is 0 Å². The number of nitrogens with one attached hydrogen (secondary N) is 2. The first-order chi connectivity index (χ1) is 10.1. The lowest BCUT2D eigenvalue weighted by atomic mass is 9.86. The average molecular weight is 287 g/mol. The van der Waals surface area contributed by atoms with E-state index in [9.17, 15) is 9.90 Å². The lowest BCUT2D eigenvalue weighted by Crippen LogP contribution is -2.36. The Morgan fingerprint density at radius 1 is 1.38 bits per heavy atom. The summed E-state index contributed by atoms with van der Waals surface area (Å²) in [6, 6.07) is 5.46. The molecule has 1 aliphatic carbocycles. The first kappa shape index (κ1) is 13.9. The van der Waals surface area contributed by atoms with Crippen LogP contribution in [0.5, 0.6) is 0 Å². The number of rotatable bonds is 3. The maximum Gasteiger partial charge on any atom is 0.253 e. The number of aliphatic hydroxyl groups is 1. The predicted molar refractivity (Wildman–Crippen MR) is 83.0 cm³/mol. The highest BCUT2D eigenvalue weighted by Crippen LogP contribution is 2.24. The fourth-order valence-electron chi connectivity index (χ4n) is 3.08. The number of nitrogen functional groups attached to an aromatic ring is 1. The van der Waals surface area contributed by atoms with Crippen LogP contribution in [-0.4, -0.2) is 28.6 Å². The molecule has 0 bridgehead atoms. The summed E-state index contributed by atoms with van der Waals surface area (Å²) in [5.41, 5.74) is 7.88. The van der Waals surface area contributed by atoms with Gasteiger partial charge in [0.25, 0.3) is 5.91 Å². The topological polar surface area (TPSA) is 91.1 Å². The van der Waals surface area contributed by atoms with E-state index in [0.717, 1.165) is 36.6 Å². The van der Waals surface area contributed by atoms with Gasteiger partial charge in [-0.05, 0) is 31.0 Å². The third kappa shape index (κ3) is 2.88. The lowest BCUT2D eigenvalue weighted by Gasteiger charge is -2.27. The van der Waals surface area contributed by atoms with Crippen LogP contribution in [0.3, 0.4) is 0 Å². The molecule has 1 aliphatic rings. The Morgan fingerprint density at radius 2 is 2.19 bits per heavy atom. The van der Waals surface area contributed by atoms with Crippen molar-refractivity contribution in [1.82, 2.24) is 10.3 Å². The van der Waals surface area contributed by atoms with Gasteiger partial charge in [-0.25, -0.2) is 0 Å². The standard InChI is InChI=1S/C16H21N3O2/c17-11-5-6-12-13(9-18-14(12)7-11)16(21)19-8-10-3-1-2-4-15(10)20/h5-7,9-10,15,18,20H,1-4,8,17H2,(H,19,21). The predicted octanol–water partition coefficient (Wildman–Crippen LogP) is 2.03. The maximum absolute atomic E-state index is 12.3. The van der Waals surface area contributed by atoms with E-state index in [2.05, 4.69) is 10.3 Å². The van der Waals surface area contributed by atoms with Crippen LogP contribution in [0.25, 0.3) is 10.9 Å². The number of amides is 1. The normalized spacial score (nSPS) is 22.3. The fourth-order valence-corrected chi connectivity index (χ4v) is 3.08. The number of aromatic nitrogens is 1. The minimum Gasteiger partial charge on any atom is -0.399 e. The van der Waals surface area contributed by atoms with Crippen molar-refractivity contribution in [3.63, 3.8) is 0 Å². The molecular weight excluding hydrogens is 266 g/mol. The molecule has 2 unspecified atom stereocenters. The van der Waals surface area contributed by atoms with Gasteiger partial charge in [-0.15, -0.1) is 0 Å². The van der Waals surface area contributed by atoms with Gasteiger partial charge in [-0.3, -0.25) is 4.79 Å². The number of anilines is 1. The fraction of sp³-hybridized carbons (Fsp3) is 0.438. The summed E-state index contributed by atoms with van der Waals surface area (Å²) in [6.45, 7) is 0.529. The van der Waals surface area contributed by atoms with Crippen LogP contribution in [0.4, 0.5) is 5.69 Å². The first-order valence-electron chi connectivity index (χ1n) is 7.48. The van der Waals surface area contributed by atoms with Crippen LogP contribution < -0.4 is 11.1 Å². The number of H-pyrrole nitrogens is 1. The molecule has 0 aliphatic heterocycles. The summed E-state index contributed by atoms with van der Waals surface area (Å²) < 4.78 is 0. The number of nitrogens with two attached hydrogens (primary N) is 1. The quantitative estimate of drug-likeness (QED) is 0.651. The van der Waals surface area contributed by atoms with Gasteiger partial charge in [0.1, 0.15) is 0 Å². The van der Waals surface area contributed by atoms with E-state index in [4.69, 9.17) is 5.73 Å². The molecule has 1 aromatic heterocycles. The summed E-state index contributed by atoms with van der Waals surface area (Å²) in [7, 11) is 0. The zero-order valence-electron chi connectivity index (χ0n) is 11.9. The maximum atomic E-state index is 12.3. The van der Waals surface area contributed by atoms with Crippen molar-refractivity contribution in [3.8, 4) is 0 Å². The number of fused-ring (bicyclic) bond motifs is 1. The molecule has 1 aromatic carbocycles. The number of aromatic amines is 1. The molecule has 3 rings (SSSR count). The van der Waals surface area contributed by atoms with Crippen molar-refractivity contribution in [1.29, 1.82) is 0 Å². The molecule has 5 N–H and O–H groups in total. The van der Waals surface area contributed by atoms with Crippen LogP contribution in [0.2, 0.25) is 0 Å². The van der Waals surface area contributed by atoms with E-state index < -0.39 is 0 Å². The molecule has 2 atom stereocenters. The Labute approximate surface area is 123 Å². The van der Waals surface area contributed by atoms with Gasteiger partial charge in [0.15, 0.2) is 0 Å². The summed E-state index contributed by atoms with van der Waals surface area (Å²) in [5.74, 6) is 0.0624. The molecule has 112 valence electrons. The molecule has 1 heterocycles. The third-order valence-electron chi connectivity index (χ3n) is 4.34. The van der Waals surface area contributed by atoms with E-state index >= 15 is 0 Å². The van der Waals surface area contributed by atoms with E-state index in [1.165, 1.54) is 0 Å². The second-order valence-corrected chi connectivity index (χ2v) is 5.83. The van der Waals surface area contributed by atoms with Crippen LogP contribution in [0, 0.1) is 5.92 Å². The Morgan fingerprint density at radius 3 is 3.00 bits per heavy atom. The summed E-state index contributed by atoms with van der Waals surface area (Å²) in [6.07, 6.45) is 5.44. The number of hydrogen-bond donors (Lipinski definition) is 4. The van der Waals surface area contributed by atoms with Crippen molar-refractivity contribution in [2.24, 2.45) is 5.92 Å². The summed E-state index contributed by atoms with van der Waals surface area (Å²) >= 11 is 0. The Hall–Kier alpha value is -2.01. The Balaban J connectivity index is 1.69. The second-order valence-electron chi connectivity index (χ2n) is 5.83. The monoisotopic (exact) mass is 287 g/mol. The summed E-state index contributed by atoms with van der Waals surface area (Å²) in [4.78, 5) is 15.4. The van der Waals surface area contributed by atoms with Crippen molar-refractivity contribution in [2.75, 3.05) is 12.3 Å². The SMILES string of the molecule is Nc1ccc2c(C(=O)NCC3CCCCC3O)c[nH]c2c1. The number of aliphatic hydroxyl groups excluding tert-OH is 1. The molecule has 0 saturated heterocycles. The highest BCUT2D eigenvalue weighted by Gasteiger charge is 2.23. The molecule has 5 heteroatoms. The number of hydrogen-bond acceptors (Lipinski definition) is 3. The molecule has 1 saturated carbocycles. The van der Waals surface area contributed by atoms with Gasteiger partial charge >= 0.3 is 0 Å². The number of carbonyl (C=O) groups is 1. The summed E-state index contributed by atoms with van der Waals surface area (Å²) in [5, 5.41) is 13.8.